The van der Waals surface area contributed by atoms with Gasteiger partial charge in [-0.15, -0.1) is 0 Å². The molecule has 96 valence electrons. The predicted octanol–water partition coefficient (Wildman–Crippen LogP) is 3.58. The summed E-state index contributed by atoms with van der Waals surface area (Å²) in [5.41, 5.74) is 5.12. The molecule has 1 N–H and O–H groups in total. The highest BCUT2D eigenvalue weighted by Crippen LogP contribution is 2.28. The van der Waals surface area contributed by atoms with E-state index in [2.05, 4.69) is 34.2 Å². The fraction of sp³-hybridized carbons (Fsp3) is 0.375. The number of imidazole rings is 1. The zero-order valence-corrected chi connectivity index (χ0v) is 11.1. The molecule has 3 rings (SSSR count). The Morgan fingerprint density at radius 2 is 2.21 bits per heavy atom. The summed E-state index contributed by atoms with van der Waals surface area (Å²) in [6.07, 6.45) is 6.27. The summed E-state index contributed by atoms with van der Waals surface area (Å²) in [6.45, 7) is 2.01. The molecule has 3 heteroatoms. The van der Waals surface area contributed by atoms with E-state index in [0.29, 0.717) is 0 Å². The molecule has 3 nitrogen and oxygen atoms in total. The average molecular weight is 251 g/mol. The Kier molecular flexibility index (Phi) is 3.08. The number of fused-ring (bicyclic) bond motifs is 1. The SMILES string of the molecule is CCC(C#N)c1ncc(-c2ccc3c(c2)CCC3)[nH]1. The van der Waals surface area contributed by atoms with Gasteiger partial charge < -0.3 is 4.98 Å². The van der Waals surface area contributed by atoms with E-state index in [-0.39, 0.29) is 5.92 Å². The molecule has 0 saturated heterocycles. The van der Waals surface area contributed by atoms with Crippen LogP contribution in [0, 0.1) is 11.3 Å². The lowest BCUT2D eigenvalue weighted by atomic mass is 10.0. The van der Waals surface area contributed by atoms with Gasteiger partial charge in [0.1, 0.15) is 11.7 Å². The van der Waals surface area contributed by atoms with E-state index in [4.69, 9.17) is 5.26 Å². The largest absolute Gasteiger partial charge is 0.341 e. The van der Waals surface area contributed by atoms with Crippen molar-refractivity contribution in [2.75, 3.05) is 0 Å². The van der Waals surface area contributed by atoms with Crippen LogP contribution in [-0.4, -0.2) is 9.97 Å². The Morgan fingerprint density at radius 3 is 3.00 bits per heavy atom. The van der Waals surface area contributed by atoms with Crippen LogP contribution in [0.3, 0.4) is 0 Å². The number of aryl methyl sites for hydroxylation is 2. The lowest BCUT2D eigenvalue weighted by Gasteiger charge is -2.03. The van der Waals surface area contributed by atoms with Gasteiger partial charge in [0.2, 0.25) is 0 Å². The molecule has 0 amide bonds. The fourth-order valence-corrected chi connectivity index (χ4v) is 2.75. The molecule has 0 saturated carbocycles. The third-order valence-corrected chi connectivity index (χ3v) is 3.90. The molecular weight excluding hydrogens is 234 g/mol. The smallest absolute Gasteiger partial charge is 0.123 e. The summed E-state index contributed by atoms with van der Waals surface area (Å²) in [4.78, 5) is 7.64. The van der Waals surface area contributed by atoms with Gasteiger partial charge in [-0.1, -0.05) is 19.1 Å². The predicted molar refractivity (Wildman–Crippen MR) is 74.7 cm³/mol. The van der Waals surface area contributed by atoms with E-state index in [1.807, 2.05) is 13.1 Å². The van der Waals surface area contributed by atoms with Crippen molar-refractivity contribution in [3.05, 3.63) is 41.3 Å². The van der Waals surface area contributed by atoms with Crippen molar-refractivity contribution in [3.8, 4) is 17.3 Å². The maximum absolute atomic E-state index is 9.08. The van der Waals surface area contributed by atoms with Gasteiger partial charge in [0, 0.05) is 0 Å². The Morgan fingerprint density at radius 1 is 1.37 bits per heavy atom. The summed E-state index contributed by atoms with van der Waals surface area (Å²) in [6, 6.07) is 8.91. The molecule has 1 atom stereocenters. The van der Waals surface area contributed by atoms with Gasteiger partial charge in [-0.2, -0.15) is 5.26 Å². The number of benzene rings is 1. The second kappa shape index (κ2) is 4.89. The zero-order valence-electron chi connectivity index (χ0n) is 11.1. The summed E-state index contributed by atoms with van der Waals surface area (Å²) in [5, 5.41) is 9.08. The molecule has 0 aliphatic heterocycles. The standard InChI is InChI=1S/C16H17N3/c1-2-11(9-17)16-18-10-15(19-16)14-7-6-12-4-3-5-13(12)8-14/h6-8,10-11H,2-5H2,1H3,(H,18,19). The van der Waals surface area contributed by atoms with Gasteiger partial charge in [0.25, 0.3) is 0 Å². The minimum Gasteiger partial charge on any atom is -0.341 e. The summed E-state index contributed by atoms with van der Waals surface area (Å²) in [5.74, 6) is 0.642. The molecule has 0 fully saturated rings. The molecule has 19 heavy (non-hydrogen) atoms. The van der Waals surface area contributed by atoms with E-state index in [1.165, 1.54) is 36.0 Å². The first-order valence-corrected chi connectivity index (χ1v) is 6.88. The third kappa shape index (κ3) is 2.15. The van der Waals surface area contributed by atoms with Crippen LogP contribution in [0.1, 0.15) is 42.6 Å². The van der Waals surface area contributed by atoms with Crippen molar-refractivity contribution in [2.24, 2.45) is 0 Å². The first kappa shape index (κ1) is 12.0. The van der Waals surface area contributed by atoms with Crippen molar-refractivity contribution >= 4 is 0 Å². The molecule has 1 aromatic heterocycles. The highest BCUT2D eigenvalue weighted by molar-refractivity contribution is 5.61. The number of nitrogens with one attached hydrogen (secondary N) is 1. The average Bonchev–Trinajstić information content (AvgIpc) is 3.08. The van der Waals surface area contributed by atoms with Gasteiger partial charge in [0.05, 0.1) is 18.0 Å². The van der Waals surface area contributed by atoms with Gasteiger partial charge >= 0.3 is 0 Å². The van der Waals surface area contributed by atoms with Crippen LogP contribution in [0.15, 0.2) is 24.4 Å². The minimum atomic E-state index is -0.136. The number of hydrogen-bond acceptors (Lipinski definition) is 2. The van der Waals surface area contributed by atoms with E-state index in [0.717, 1.165) is 17.9 Å². The first-order valence-electron chi connectivity index (χ1n) is 6.88. The minimum absolute atomic E-state index is 0.136. The number of nitrogens with zero attached hydrogens (tertiary/aromatic N) is 2. The van der Waals surface area contributed by atoms with Crippen molar-refractivity contribution in [2.45, 2.75) is 38.5 Å². The number of rotatable bonds is 3. The third-order valence-electron chi connectivity index (χ3n) is 3.90. The summed E-state index contributed by atoms with van der Waals surface area (Å²) >= 11 is 0. The summed E-state index contributed by atoms with van der Waals surface area (Å²) < 4.78 is 0. The van der Waals surface area contributed by atoms with Crippen LogP contribution in [0.25, 0.3) is 11.3 Å². The quantitative estimate of drug-likeness (QED) is 0.906. The second-order valence-corrected chi connectivity index (χ2v) is 5.11. The monoisotopic (exact) mass is 251 g/mol. The molecule has 1 unspecified atom stereocenters. The normalized spacial score (nSPS) is 14.9. The number of nitriles is 1. The molecule has 1 aliphatic rings. The van der Waals surface area contributed by atoms with Crippen LogP contribution in [-0.2, 0) is 12.8 Å². The molecule has 0 spiro atoms. The van der Waals surface area contributed by atoms with Crippen molar-refractivity contribution in [1.82, 2.24) is 9.97 Å². The highest BCUT2D eigenvalue weighted by Gasteiger charge is 2.15. The molecule has 0 radical (unpaired) electrons. The van der Waals surface area contributed by atoms with E-state index in [9.17, 15) is 0 Å². The molecule has 2 aromatic rings. The number of aromatic nitrogens is 2. The number of H-pyrrole nitrogens is 1. The first-order chi connectivity index (χ1) is 9.31. The van der Waals surface area contributed by atoms with Crippen LogP contribution in [0.2, 0.25) is 0 Å². The van der Waals surface area contributed by atoms with Gasteiger partial charge in [-0.05, 0) is 48.4 Å². The number of aromatic amines is 1. The van der Waals surface area contributed by atoms with Crippen LogP contribution in [0.5, 0.6) is 0 Å². The van der Waals surface area contributed by atoms with E-state index in [1.54, 1.807) is 0 Å². The Bertz CT molecular complexity index is 634. The Hall–Kier alpha value is -2.08. The molecule has 0 bridgehead atoms. The zero-order chi connectivity index (χ0) is 13.2. The molecular formula is C16H17N3. The Labute approximate surface area is 113 Å². The molecule has 1 aliphatic carbocycles. The van der Waals surface area contributed by atoms with Crippen LogP contribution >= 0.6 is 0 Å². The van der Waals surface area contributed by atoms with Crippen molar-refractivity contribution < 1.29 is 0 Å². The van der Waals surface area contributed by atoms with Crippen molar-refractivity contribution in [3.63, 3.8) is 0 Å². The van der Waals surface area contributed by atoms with Crippen molar-refractivity contribution in [1.29, 1.82) is 5.26 Å². The van der Waals surface area contributed by atoms with Crippen LogP contribution < -0.4 is 0 Å². The van der Waals surface area contributed by atoms with Gasteiger partial charge in [-0.3, -0.25) is 0 Å². The maximum Gasteiger partial charge on any atom is 0.123 e. The Balaban J connectivity index is 1.93. The van der Waals surface area contributed by atoms with Crippen LogP contribution in [0.4, 0.5) is 0 Å². The van der Waals surface area contributed by atoms with Gasteiger partial charge in [0.15, 0.2) is 0 Å². The maximum atomic E-state index is 9.08. The lowest BCUT2D eigenvalue weighted by Crippen LogP contribution is -1.96. The van der Waals surface area contributed by atoms with Gasteiger partial charge in [-0.25, -0.2) is 4.98 Å². The second-order valence-electron chi connectivity index (χ2n) is 5.11. The van der Waals surface area contributed by atoms with E-state index < -0.39 is 0 Å². The fourth-order valence-electron chi connectivity index (χ4n) is 2.75. The topological polar surface area (TPSA) is 52.5 Å². The molecule has 1 heterocycles. The lowest BCUT2D eigenvalue weighted by molar-refractivity contribution is 0.766. The number of hydrogen-bond donors (Lipinski definition) is 1. The van der Waals surface area contributed by atoms with E-state index >= 15 is 0 Å². The molecule has 1 aromatic carbocycles. The summed E-state index contributed by atoms with van der Waals surface area (Å²) in [7, 11) is 0. The highest BCUT2D eigenvalue weighted by atomic mass is 14.9.